The maximum atomic E-state index is 5.78. The standard InChI is InChI=1S/C37H46N2/c38-36-26-22-34(23-27-36)12-6-10-32-18-14-30(15-19-32)8-4-2-1-3-5-9-31-16-20-33(21-17-31)11-7-13-35-24-28-37(39)29-25-35/h14-29H,1-13,38-39H2. The van der Waals surface area contributed by atoms with Gasteiger partial charge >= 0.3 is 0 Å². The first-order valence-electron chi connectivity index (χ1n) is 15.0. The number of benzene rings is 4. The van der Waals surface area contributed by atoms with E-state index in [0.717, 1.165) is 37.1 Å². The highest BCUT2D eigenvalue weighted by molar-refractivity contribution is 5.40. The van der Waals surface area contributed by atoms with Crippen LogP contribution in [0.1, 0.15) is 78.3 Å². The molecule has 4 N–H and O–H groups in total. The highest BCUT2D eigenvalue weighted by atomic mass is 14.5. The van der Waals surface area contributed by atoms with E-state index in [0.29, 0.717) is 0 Å². The molecule has 0 aliphatic rings. The first kappa shape index (κ1) is 28.5. The number of nitrogens with two attached hydrogens (primary N) is 2. The quantitative estimate of drug-likeness (QED) is 0.115. The van der Waals surface area contributed by atoms with Gasteiger partial charge in [-0.25, -0.2) is 0 Å². The molecule has 0 heterocycles. The van der Waals surface area contributed by atoms with Gasteiger partial charge in [-0.15, -0.1) is 0 Å². The van der Waals surface area contributed by atoms with Crippen molar-refractivity contribution in [1.82, 2.24) is 0 Å². The first-order chi connectivity index (χ1) is 19.1. The fourth-order valence-electron chi connectivity index (χ4n) is 5.30. The summed E-state index contributed by atoms with van der Waals surface area (Å²) in [6.07, 6.45) is 15.8. The van der Waals surface area contributed by atoms with Crippen molar-refractivity contribution in [2.75, 3.05) is 11.5 Å². The third kappa shape index (κ3) is 10.6. The fourth-order valence-corrected chi connectivity index (χ4v) is 5.30. The van der Waals surface area contributed by atoms with E-state index in [2.05, 4.69) is 72.8 Å². The molecule has 0 saturated carbocycles. The van der Waals surface area contributed by atoms with Crippen molar-refractivity contribution >= 4 is 11.4 Å². The average Bonchev–Trinajstić information content (AvgIpc) is 2.96. The molecule has 4 aromatic carbocycles. The SMILES string of the molecule is Nc1ccc(CCCc2ccc(CCCCCCCc3ccc(CCCc4ccc(N)cc4)cc3)cc2)cc1. The Hall–Kier alpha value is -3.52. The van der Waals surface area contributed by atoms with Crippen molar-refractivity contribution in [3.8, 4) is 0 Å². The summed E-state index contributed by atoms with van der Waals surface area (Å²) in [4.78, 5) is 0. The Kier molecular flexibility index (Phi) is 11.5. The Morgan fingerprint density at radius 3 is 0.744 bits per heavy atom. The van der Waals surface area contributed by atoms with Crippen LogP contribution in [0.25, 0.3) is 0 Å². The normalized spacial score (nSPS) is 11.1. The van der Waals surface area contributed by atoms with Crippen LogP contribution < -0.4 is 11.5 Å². The number of aryl methyl sites for hydroxylation is 6. The zero-order chi connectivity index (χ0) is 27.1. The highest BCUT2D eigenvalue weighted by Gasteiger charge is 2.01. The Balaban J connectivity index is 1.02. The summed E-state index contributed by atoms with van der Waals surface area (Å²) in [5.41, 5.74) is 21.8. The van der Waals surface area contributed by atoms with Gasteiger partial charge in [0.1, 0.15) is 0 Å². The molecule has 39 heavy (non-hydrogen) atoms. The summed E-state index contributed by atoms with van der Waals surface area (Å²) >= 11 is 0. The molecule has 0 aromatic heterocycles. The zero-order valence-electron chi connectivity index (χ0n) is 23.6. The smallest absolute Gasteiger partial charge is 0.0314 e. The zero-order valence-corrected chi connectivity index (χ0v) is 23.6. The van der Waals surface area contributed by atoms with E-state index in [1.54, 1.807) is 0 Å². The number of rotatable bonds is 16. The fraction of sp³-hybridized carbons (Fsp3) is 0.351. The molecule has 0 bridgehead atoms. The molecule has 0 aliphatic heterocycles. The highest BCUT2D eigenvalue weighted by Crippen LogP contribution is 2.16. The van der Waals surface area contributed by atoms with Crippen molar-refractivity contribution in [1.29, 1.82) is 0 Å². The molecule has 2 heteroatoms. The minimum atomic E-state index is 0.841. The topological polar surface area (TPSA) is 52.0 Å². The first-order valence-corrected chi connectivity index (χ1v) is 15.0. The van der Waals surface area contributed by atoms with E-state index in [-0.39, 0.29) is 0 Å². The molecule has 0 aliphatic carbocycles. The molecule has 0 fully saturated rings. The molecular formula is C37H46N2. The molecule has 0 unspecified atom stereocenters. The summed E-state index contributed by atoms with van der Waals surface area (Å²) in [5, 5.41) is 0. The third-order valence-corrected chi connectivity index (χ3v) is 7.80. The molecule has 0 saturated heterocycles. The van der Waals surface area contributed by atoms with Gasteiger partial charge in [0.25, 0.3) is 0 Å². The van der Waals surface area contributed by atoms with Crippen LogP contribution in [0.5, 0.6) is 0 Å². The average molecular weight is 519 g/mol. The van der Waals surface area contributed by atoms with Crippen LogP contribution in [0.3, 0.4) is 0 Å². The van der Waals surface area contributed by atoms with Gasteiger partial charge in [-0.3, -0.25) is 0 Å². The van der Waals surface area contributed by atoms with Gasteiger partial charge in [0.15, 0.2) is 0 Å². The second kappa shape index (κ2) is 15.8. The Labute approximate surface area is 236 Å². The molecule has 2 nitrogen and oxygen atoms in total. The van der Waals surface area contributed by atoms with E-state index in [9.17, 15) is 0 Å². The number of hydrogen-bond donors (Lipinski definition) is 2. The summed E-state index contributed by atoms with van der Waals surface area (Å²) in [6.45, 7) is 0. The molecule has 0 radical (unpaired) electrons. The largest absolute Gasteiger partial charge is 0.399 e. The summed E-state index contributed by atoms with van der Waals surface area (Å²) in [6, 6.07) is 35.2. The van der Waals surface area contributed by atoms with Crippen molar-refractivity contribution in [2.45, 2.75) is 83.5 Å². The van der Waals surface area contributed by atoms with E-state index in [4.69, 9.17) is 11.5 Å². The summed E-state index contributed by atoms with van der Waals surface area (Å²) in [5.74, 6) is 0. The molecular weight excluding hydrogens is 472 g/mol. The van der Waals surface area contributed by atoms with Crippen LogP contribution in [-0.4, -0.2) is 0 Å². The minimum Gasteiger partial charge on any atom is -0.399 e. The molecule has 4 aromatic rings. The van der Waals surface area contributed by atoms with Gasteiger partial charge in [-0.1, -0.05) is 92.1 Å². The lowest BCUT2D eigenvalue weighted by atomic mass is 9.99. The van der Waals surface area contributed by atoms with E-state index >= 15 is 0 Å². The Bertz CT molecular complexity index is 1110. The second-order valence-corrected chi connectivity index (χ2v) is 11.1. The molecule has 0 spiro atoms. The van der Waals surface area contributed by atoms with Crippen molar-refractivity contribution < 1.29 is 0 Å². The maximum Gasteiger partial charge on any atom is 0.0314 e. The molecule has 0 amide bonds. The summed E-state index contributed by atoms with van der Waals surface area (Å²) < 4.78 is 0. The lowest BCUT2D eigenvalue weighted by Crippen LogP contribution is -1.93. The van der Waals surface area contributed by atoms with E-state index < -0.39 is 0 Å². The van der Waals surface area contributed by atoms with Gasteiger partial charge in [0, 0.05) is 11.4 Å². The van der Waals surface area contributed by atoms with E-state index in [1.807, 2.05) is 24.3 Å². The van der Waals surface area contributed by atoms with Gasteiger partial charge in [-0.2, -0.15) is 0 Å². The van der Waals surface area contributed by atoms with Crippen LogP contribution >= 0.6 is 0 Å². The number of nitrogen functional groups attached to an aromatic ring is 2. The predicted octanol–water partition coefficient (Wildman–Crippen LogP) is 8.94. The van der Waals surface area contributed by atoms with Crippen molar-refractivity contribution in [2.24, 2.45) is 0 Å². The summed E-state index contributed by atoms with van der Waals surface area (Å²) in [7, 11) is 0. The molecule has 204 valence electrons. The molecule has 4 rings (SSSR count). The van der Waals surface area contributed by atoms with Crippen LogP contribution in [0.2, 0.25) is 0 Å². The lowest BCUT2D eigenvalue weighted by molar-refractivity contribution is 0.613. The van der Waals surface area contributed by atoms with Crippen molar-refractivity contribution in [3.05, 3.63) is 130 Å². The monoisotopic (exact) mass is 518 g/mol. The minimum absolute atomic E-state index is 0.841. The molecule has 0 atom stereocenters. The third-order valence-electron chi connectivity index (χ3n) is 7.80. The van der Waals surface area contributed by atoms with Crippen molar-refractivity contribution in [3.63, 3.8) is 0 Å². The Morgan fingerprint density at radius 2 is 0.462 bits per heavy atom. The number of anilines is 2. The maximum absolute atomic E-state index is 5.78. The number of hydrogen-bond acceptors (Lipinski definition) is 2. The van der Waals surface area contributed by atoms with Gasteiger partial charge < -0.3 is 11.5 Å². The van der Waals surface area contributed by atoms with Gasteiger partial charge in [0.05, 0.1) is 0 Å². The van der Waals surface area contributed by atoms with Crippen LogP contribution in [-0.2, 0) is 38.5 Å². The second-order valence-electron chi connectivity index (χ2n) is 11.1. The van der Waals surface area contributed by atoms with E-state index in [1.165, 1.54) is 91.2 Å². The number of unbranched alkanes of at least 4 members (excludes halogenated alkanes) is 4. The van der Waals surface area contributed by atoms with Gasteiger partial charge in [0.2, 0.25) is 0 Å². The van der Waals surface area contributed by atoms with Crippen LogP contribution in [0, 0.1) is 0 Å². The Morgan fingerprint density at radius 1 is 0.256 bits per heavy atom. The van der Waals surface area contributed by atoms with Crippen LogP contribution in [0.15, 0.2) is 97.1 Å². The van der Waals surface area contributed by atoms with Crippen LogP contribution in [0.4, 0.5) is 11.4 Å². The lowest BCUT2D eigenvalue weighted by Gasteiger charge is -2.07. The van der Waals surface area contributed by atoms with Gasteiger partial charge in [-0.05, 0) is 122 Å². The predicted molar refractivity (Wildman–Crippen MR) is 169 cm³/mol.